The molecule has 7 nitrogen and oxygen atoms in total. The van der Waals surface area contributed by atoms with E-state index >= 15 is 0 Å². The third-order valence-electron chi connectivity index (χ3n) is 5.04. The van der Waals surface area contributed by atoms with Crippen LogP contribution in [0.25, 0.3) is 22.5 Å². The average Bonchev–Trinajstić information content (AvgIpc) is 3.33. The van der Waals surface area contributed by atoms with Crippen molar-refractivity contribution in [2.24, 2.45) is 5.10 Å². The summed E-state index contributed by atoms with van der Waals surface area (Å²) in [6, 6.07) is 23.1. The molecule has 1 heterocycles. The van der Waals surface area contributed by atoms with Gasteiger partial charge in [0.05, 0.1) is 37.6 Å². The van der Waals surface area contributed by atoms with Crippen LogP contribution < -0.4 is 14.9 Å². The van der Waals surface area contributed by atoms with Gasteiger partial charge in [-0.1, -0.05) is 39.8 Å². The van der Waals surface area contributed by atoms with Gasteiger partial charge < -0.3 is 14.5 Å². The summed E-state index contributed by atoms with van der Waals surface area (Å²) >= 11 is 4.70. The highest BCUT2D eigenvalue weighted by atomic mass is 79.9. The van der Waals surface area contributed by atoms with Gasteiger partial charge >= 0.3 is 0 Å². The molecule has 4 rings (SSSR count). The normalized spacial score (nSPS) is 10.9. The molecule has 0 saturated heterocycles. The van der Waals surface area contributed by atoms with Gasteiger partial charge in [-0.05, 0) is 66.2 Å². The van der Waals surface area contributed by atoms with E-state index in [2.05, 4.69) is 31.4 Å². The van der Waals surface area contributed by atoms with E-state index in [1.54, 1.807) is 20.4 Å². The van der Waals surface area contributed by atoms with Gasteiger partial charge in [-0.15, -0.1) is 0 Å². The van der Waals surface area contributed by atoms with Crippen molar-refractivity contribution in [1.82, 2.24) is 15.4 Å². The number of hydrogen-bond acceptors (Lipinski definition) is 6. The molecule has 0 fully saturated rings. The standard InChI is InChI=1S/C26H23BrN4O3S/c1-33-21-11-5-18(6-12-21)24-25(19-7-13-22(34-2)14-8-19)30-26(29-24)35-16-23(32)31-28-15-17-3-9-20(27)10-4-17/h3-15H,16H2,1-2H3,(H,29,30)(H,31,32)/b28-15+. The molecule has 1 amide bonds. The summed E-state index contributed by atoms with van der Waals surface area (Å²) in [6.45, 7) is 0. The number of imidazole rings is 1. The Morgan fingerprint density at radius 2 is 1.57 bits per heavy atom. The van der Waals surface area contributed by atoms with Crippen LogP contribution in [0.4, 0.5) is 0 Å². The summed E-state index contributed by atoms with van der Waals surface area (Å²) in [5.41, 5.74) is 6.98. The molecule has 35 heavy (non-hydrogen) atoms. The van der Waals surface area contributed by atoms with Gasteiger partial charge in [0, 0.05) is 15.6 Å². The molecule has 1 aromatic heterocycles. The molecule has 0 unspecified atom stereocenters. The number of hydrazone groups is 1. The molecule has 0 aliphatic carbocycles. The summed E-state index contributed by atoms with van der Waals surface area (Å²) in [7, 11) is 3.27. The van der Waals surface area contributed by atoms with Crippen LogP contribution in [0.2, 0.25) is 0 Å². The second kappa shape index (κ2) is 11.7. The van der Waals surface area contributed by atoms with Crippen LogP contribution in [0, 0.1) is 0 Å². The fourth-order valence-electron chi connectivity index (χ4n) is 3.24. The molecule has 178 valence electrons. The van der Waals surface area contributed by atoms with Crippen LogP contribution in [0.3, 0.4) is 0 Å². The first-order chi connectivity index (χ1) is 17.1. The maximum atomic E-state index is 12.3. The van der Waals surface area contributed by atoms with Gasteiger partial charge in [-0.2, -0.15) is 5.10 Å². The molecule has 3 aromatic carbocycles. The molecular formula is C26H23BrN4O3S. The Kier molecular flexibility index (Phi) is 8.23. The molecular weight excluding hydrogens is 528 g/mol. The molecule has 0 aliphatic heterocycles. The van der Waals surface area contributed by atoms with Crippen molar-refractivity contribution in [2.75, 3.05) is 20.0 Å². The highest BCUT2D eigenvalue weighted by Crippen LogP contribution is 2.34. The van der Waals surface area contributed by atoms with E-state index in [-0.39, 0.29) is 11.7 Å². The Morgan fingerprint density at radius 1 is 0.971 bits per heavy atom. The van der Waals surface area contributed by atoms with Crippen LogP contribution in [0.15, 0.2) is 87.5 Å². The zero-order valence-electron chi connectivity index (χ0n) is 19.1. The Bertz CT molecular complexity index is 1240. The molecule has 4 aromatic rings. The van der Waals surface area contributed by atoms with E-state index in [9.17, 15) is 4.79 Å². The van der Waals surface area contributed by atoms with E-state index < -0.39 is 0 Å². The number of amides is 1. The van der Waals surface area contributed by atoms with E-state index in [1.807, 2.05) is 72.8 Å². The lowest BCUT2D eigenvalue weighted by atomic mass is 10.0. The molecule has 0 atom stereocenters. The molecule has 0 radical (unpaired) electrons. The summed E-state index contributed by atoms with van der Waals surface area (Å²) in [6.07, 6.45) is 1.60. The van der Waals surface area contributed by atoms with Crippen molar-refractivity contribution < 1.29 is 14.3 Å². The number of benzene rings is 3. The molecule has 0 bridgehead atoms. The first-order valence-corrected chi connectivity index (χ1v) is 12.4. The third-order valence-corrected chi connectivity index (χ3v) is 6.44. The number of ether oxygens (including phenoxy) is 2. The summed E-state index contributed by atoms with van der Waals surface area (Å²) in [5, 5.41) is 4.66. The van der Waals surface area contributed by atoms with E-state index in [0.29, 0.717) is 5.16 Å². The lowest BCUT2D eigenvalue weighted by molar-refractivity contribution is -0.118. The molecule has 0 aliphatic rings. The maximum absolute atomic E-state index is 12.3. The van der Waals surface area contributed by atoms with Crippen molar-refractivity contribution in [3.63, 3.8) is 0 Å². The zero-order chi connectivity index (χ0) is 24.6. The minimum absolute atomic E-state index is 0.162. The van der Waals surface area contributed by atoms with Crippen LogP contribution >= 0.6 is 27.7 Å². The number of nitrogens with zero attached hydrogens (tertiary/aromatic N) is 2. The smallest absolute Gasteiger partial charge is 0.250 e. The second-order valence-corrected chi connectivity index (χ2v) is 9.24. The number of carbonyl (C=O) groups is 1. The quantitative estimate of drug-likeness (QED) is 0.157. The number of methoxy groups -OCH3 is 2. The van der Waals surface area contributed by atoms with Crippen molar-refractivity contribution in [3.05, 3.63) is 82.8 Å². The monoisotopic (exact) mass is 550 g/mol. The Labute approximate surface area is 216 Å². The Balaban J connectivity index is 1.49. The average molecular weight is 551 g/mol. The molecule has 0 saturated carbocycles. The summed E-state index contributed by atoms with van der Waals surface area (Å²) < 4.78 is 11.5. The van der Waals surface area contributed by atoms with Crippen LogP contribution in [-0.2, 0) is 4.79 Å². The summed E-state index contributed by atoms with van der Waals surface area (Å²) in [4.78, 5) is 20.4. The highest BCUT2D eigenvalue weighted by molar-refractivity contribution is 9.10. The van der Waals surface area contributed by atoms with Gasteiger partial charge in [0.25, 0.3) is 5.91 Å². The van der Waals surface area contributed by atoms with Crippen molar-refractivity contribution in [2.45, 2.75) is 5.16 Å². The minimum atomic E-state index is -0.225. The third kappa shape index (κ3) is 6.52. The van der Waals surface area contributed by atoms with E-state index in [1.165, 1.54) is 11.8 Å². The lowest BCUT2D eigenvalue weighted by Crippen LogP contribution is -2.19. The SMILES string of the molecule is COc1ccc(-c2nc(SCC(=O)N/N=C/c3ccc(Br)cc3)[nH]c2-c2ccc(OC)cc2)cc1. The highest BCUT2D eigenvalue weighted by Gasteiger charge is 2.16. The Morgan fingerprint density at radius 3 is 2.17 bits per heavy atom. The topological polar surface area (TPSA) is 88.6 Å². The van der Waals surface area contributed by atoms with E-state index in [4.69, 9.17) is 14.5 Å². The maximum Gasteiger partial charge on any atom is 0.250 e. The van der Waals surface area contributed by atoms with Gasteiger partial charge in [0.15, 0.2) is 5.16 Å². The number of H-pyrrole nitrogens is 1. The van der Waals surface area contributed by atoms with Gasteiger partial charge in [-0.25, -0.2) is 10.4 Å². The predicted molar refractivity (Wildman–Crippen MR) is 143 cm³/mol. The number of nitrogens with one attached hydrogen (secondary N) is 2. The number of thioether (sulfide) groups is 1. The fourth-order valence-corrected chi connectivity index (χ4v) is 4.16. The van der Waals surface area contributed by atoms with Crippen LogP contribution in [-0.4, -0.2) is 42.1 Å². The lowest BCUT2D eigenvalue weighted by Gasteiger charge is -2.06. The van der Waals surface area contributed by atoms with Gasteiger partial charge in [0.1, 0.15) is 11.5 Å². The van der Waals surface area contributed by atoms with Gasteiger partial charge in [0.2, 0.25) is 0 Å². The zero-order valence-corrected chi connectivity index (χ0v) is 21.5. The number of rotatable bonds is 9. The van der Waals surface area contributed by atoms with E-state index in [0.717, 1.165) is 44.0 Å². The predicted octanol–water partition coefficient (Wildman–Crippen LogP) is 5.77. The molecule has 2 N–H and O–H groups in total. The van der Waals surface area contributed by atoms with Crippen LogP contribution in [0.5, 0.6) is 11.5 Å². The first-order valence-electron chi connectivity index (χ1n) is 10.6. The number of carbonyl (C=O) groups excluding carboxylic acids is 1. The number of halogens is 1. The van der Waals surface area contributed by atoms with Crippen molar-refractivity contribution in [1.29, 1.82) is 0 Å². The minimum Gasteiger partial charge on any atom is -0.497 e. The van der Waals surface area contributed by atoms with Gasteiger partial charge in [-0.3, -0.25) is 4.79 Å². The number of aromatic amines is 1. The molecule has 0 spiro atoms. The molecule has 9 heteroatoms. The van der Waals surface area contributed by atoms with Crippen molar-refractivity contribution >= 4 is 39.8 Å². The largest absolute Gasteiger partial charge is 0.497 e. The van der Waals surface area contributed by atoms with Crippen molar-refractivity contribution in [3.8, 4) is 34.0 Å². The van der Waals surface area contributed by atoms with Crippen LogP contribution in [0.1, 0.15) is 5.56 Å². The number of aromatic nitrogens is 2. The number of hydrogen-bond donors (Lipinski definition) is 2. The Hall–Kier alpha value is -3.56. The summed E-state index contributed by atoms with van der Waals surface area (Å²) in [5.74, 6) is 1.48. The fraction of sp³-hybridized carbons (Fsp3) is 0.115. The second-order valence-electron chi connectivity index (χ2n) is 7.36. The first kappa shape index (κ1) is 24.6.